The van der Waals surface area contributed by atoms with E-state index in [9.17, 15) is 8.42 Å². The van der Waals surface area contributed by atoms with Gasteiger partial charge in [0, 0.05) is 31.4 Å². The number of rotatable bonds is 9. The monoisotopic (exact) mass is 536 g/mol. The van der Waals surface area contributed by atoms with Crippen molar-refractivity contribution in [1.29, 1.82) is 0 Å². The van der Waals surface area contributed by atoms with Crippen LogP contribution in [0.3, 0.4) is 0 Å². The molecule has 28 heavy (non-hydrogen) atoms. The van der Waals surface area contributed by atoms with Crippen LogP contribution in [-0.2, 0) is 22.0 Å². The lowest BCUT2D eigenvalue weighted by Crippen LogP contribution is -2.39. The van der Waals surface area contributed by atoms with Crippen molar-refractivity contribution >= 4 is 51.1 Å². The van der Waals surface area contributed by atoms with Gasteiger partial charge in [0.05, 0.1) is 22.2 Å². The van der Waals surface area contributed by atoms with Crippen molar-refractivity contribution in [1.82, 2.24) is 15.6 Å². The normalized spacial score (nSPS) is 11.8. The number of benzene rings is 1. The second kappa shape index (κ2) is 12.4. The summed E-state index contributed by atoms with van der Waals surface area (Å²) >= 11 is 1.72. The zero-order valence-corrected chi connectivity index (χ0v) is 20.5. The molecule has 0 aliphatic rings. The molecular weight excluding hydrogens is 507 g/mol. The molecule has 0 amide bonds. The standard InChI is InChI=1S/C19H28N4O2S2.HI/c1-15-16(2)26-18(23-15)10-12-22-19(20-3)21-11-7-13-27(24,25)14-17-8-5-4-6-9-17;/h4-6,8-9H,7,10-14H2,1-3H3,(H2,20,21,22);1H. The number of hydrogen-bond donors (Lipinski definition) is 2. The number of guanidine groups is 1. The first-order chi connectivity index (χ1) is 12.9. The molecular formula is C19H29IN4O2S2. The Labute approximate surface area is 189 Å². The molecule has 0 unspecified atom stereocenters. The summed E-state index contributed by atoms with van der Waals surface area (Å²) in [4.78, 5) is 9.95. The number of hydrogen-bond acceptors (Lipinski definition) is 5. The number of halogens is 1. The average Bonchev–Trinajstić information content (AvgIpc) is 2.95. The van der Waals surface area contributed by atoms with Gasteiger partial charge in [-0.15, -0.1) is 35.3 Å². The van der Waals surface area contributed by atoms with E-state index in [-0.39, 0.29) is 35.5 Å². The lowest BCUT2D eigenvalue weighted by molar-refractivity contribution is 0.591. The molecule has 0 aliphatic carbocycles. The van der Waals surface area contributed by atoms with Crippen LogP contribution in [0.2, 0.25) is 0 Å². The summed E-state index contributed by atoms with van der Waals surface area (Å²) in [6.07, 6.45) is 1.38. The predicted octanol–water partition coefficient (Wildman–Crippen LogP) is 3.09. The lowest BCUT2D eigenvalue weighted by atomic mass is 10.2. The second-order valence-corrected chi connectivity index (χ2v) is 9.83. The average molecular weight is 537 g/mol. The number of nitrogens with zero attached hydrogens (tertiary/aromatic N) is 2. The molecule has 0 bridgehead atoms. The van der Waals surface area contributed by atoms with Crippen molar-refractivity contribution in [2.45, 2.75) is 32.4 Å². The number of aryl methyl sites for hydroxylation is 2. The van der Waals surface area contributed by atoms with Crippen LogP contribution in [0.4, 0.5) is 0 Å². The number of thiazole rings is 1. The zero-order valence-electron chi connectivity index (χ0n) is 16.6. The molecule has 1 aromatic carbocycles. The molecule has 156 valence electrons. The van der Waals surface area contributed by atoms with Crippen LogP contribution in [0.15, 0.2) is 35.3 Å². The van der Waals surface area contributed by atoms with Gasteiger partial charge < -0.3 is 10.6 Å². The van der Waals surface area contributed by atoms with Gasteiger partial charge >= 0.3 is 0 Å². The summed E-state index contributed by atoms with van der Waals surface area (Å²) < 4.78 is 24.4. The van der Waals surface area contributed by atoms with Crippen LogP contribution >= 0.6 is 35.3 Å². The smallest absolute Gasteiger partial charge is 0.190 e. The Balaban J connectivity index is 0.00000392. The summed E-state index contributed by atoms with van der Waals surface area (Å²) in [5.41, 5.74) is 1.92. The van der Waals surface area contributed by atoms with Gasteiger partial charge in [0.2, 0.25) is 0 Å². The van der Waals surface area contributed by atoms with Crippen LogP contribution in [0.1, 0.15) is 27.6 Å². The molecule has 0 spiro atoms. The Morgan fingerprint density at radius 3 is 2.43 bits per heavy atom. The Hall–Kier alpha value is -1.20. The maximum Gasteiger partial charge on any atom is 0.190 e. The van der Waals surface area contributed by atoms with E-state index in [2.05, 4.69) is 27.5 Å². The highest BCUT2D eigenvalue weighted by Gasteiger charge is 2.11. The summed E-state index contributed by atoms with van der Waals surface area (Å²) in [5, 5.41) is 7.52. The van der Waals surface area contributed by atoms with E-state index in [0.717, 1.165) is 29.2 Å². The quantitative estimate of drug-likeness (QED) is 0.223. The van der Waals surface area contributed by atoms with E-state index < -0.39 is 9.84 Å². The summed E-state index contributed by atoms with van der Waals surface area (Å²) in [5.74, 6) is 0.928. The number of sulfone groups is 1. The van der Waals surface area contributed by atoms with Crippen molar-refractivity contribution in [3.63, 3.8) is 0 Å². The minimum absolute atomic E-state index is 0. The van der Waals surface area contributed by atoms with Gasteiger partial charge in [-0.05, 0) is 25.8 Å². The van der Waals surface area contributed by atoms with Crippen LogP contribution in [0.5, 0.6) is 0 Å². The molecule has 0 aliphatic heterocycles. The molecule has 6 nitrogen and oxygen atoms in total. The maximum atomic E-state index is 12.2. The van der Waals surface area contributed by atoms with E-state index in [4.69, 9.17) is 0 Å². The molecule has 9 heteroatoms. The molecule has 1 heterocycles. The highest BCUT2D eigenvalue weighted by Crippen LogP contribution is 2.16. The van der Waals surface area contributed by atoms with Crippen molar-refractivity contribution in [2.75, 3.05) is 25.9 Å². The highest BCUT2D eigenvalue weighted by molar-refractivity contribution is 14.0. The summed E-state index contributed by atoms with van der Waals surface area (Å²) in [7, 11) is -1.39. The van der Waals surface area contributed by atoms with Gasteiger partial charge in [0.15, 0.2) is 15.8 Å². The van der Waals surface area contributed by atoms with Crippen LogP contribution in [0, 0.1) is 13.8 Å². The Morgan fingerprint density at radius 2 is 1.82 bits per heavy atom. The third kappa shape index (κ3) is 8.87. The molecule has 0 atom stereocenters. The van der Waals surface area contributed by atoms with Gasteiger partial charge in [-0.3, -0.25) is 4.99 Å². The van der Waals surface area contributed by atoms with E-state index >= 15 is 0 Å². The Morgan fingerprint density at radius 1 is 1.14 bits per heavy atom. The molecule has 2 rings (SSSR count). The molecule has 1 aromatic heterocycles. The van der Waals surface area contributed by atoms with E-state index in [1.54, 1.807) is 18.4 Å². The molecule has 0 saturated carbocycles. The van der Waals surface area contributed by atoms with Crippen LogP contribution in [-0.4, -0.2) is 45.3 Å². The minimum atomic E-state index is -3.10. The molecule has 0 radical (unpaired) electrons. The van der Waals surface area contributed by atoms with Crippen LogP contribution in [0.25, 0.3) is 0 Å². The second-order valence-electron chi connectivity index (χ2n) is 6.36. The highest BCUT2D eigenvalue weighted by atomic mass is 127. The first kappa shape index (κ1) is 24.8. The number of aliphatic imine (C=N–C) groups is 1. The van der Waals surface area contributed by atoms with Crippen molar-refractivity contribution < 1.29 is 8.42 Å². The fourth-order valence-electron chi connectivity index (χ4n) is 2.55. The fourth-order valence-corrected chi connectivity index (χ4v) is 4.92. The molecule has 0 saturated heterocycles. The van der Waals surface area contributed by atoms with E-state index in [0.29, 0.717) is 18.9 Å². The fraction of sp³-hybridized carbons (Fsp3) is 0.474. The molecule has 0 fully saturated rings. The topological polar surface area (TPSA) is 83.5 Å². The molecule has 2 aromatic rings. The van der Waals surface area contributed by atoms with Gasteiger partial charge in [-0.25, -0.2) is 13.4 Å². The minimum Gasteiger partial charge on any atom is -0.356 e. The van der Waals surface area contributed by atoms with Crippen molar-refractivity contribution in [2.24, 2.45) is 4.99 Å². The van der Waals surface area contributed by atoms with Gasteiger partial charge in [-0.1, -0.05) is 30.3 Å². The lowest BCUT2D eigenvalue weighted by Gasteiger charge is -2.11. The Kier molecular flexibility index (Phi) is 11.0. The first-order valence-electron chi connectivity index (χ1n) is 9.01. The SMILES string of the molecule is CN=C(NCCCS(=O)(=O)Cc1ccccc1)NCCc1nc(C)c(C)s1.I. The number of nitrogens with one attached hydrogen (secondary N) is 2. The van der Waals surface area contributed by atoms with Crippen LogP contribution < -0.4 is 10.6 Å². The third-order valence-corrected chi connectivity index (χ3v) is 6.90. The first-order valence-corrected chi connectivity index (χ1v) is 11.6. The Bertz CT molecular complexity index is 833. The van der Waals surface area contributed by atoms with Gasteiger partial charge in [0.1, 0.15) is 0 Å². The van der Waals surface area contributed by atoms with Crippen molar-refractivity contribution in [3.8, 4) is 0 Å². The van der Waals surface area contributed by atoms with Gasteiger partial charge in [0.25, 0.3) is 0 Å². The largest absolute Gasteiger partial charge is 0.356 e. The van der Waals surface area contributed by atoms with Gasteiger partial charge in [-0.2, -0.15) is 0 Å². The molecule has 2 N–H and O–H groups in total. The zero-order chi connectivity index (χ0) is 19.7. The summed E-state index contributed by atoms with van der Waals surface area (Å²) in [6.45, 7) is 5.40. The van der Waals surface area contributed by atoms with Crippen molar-refractivity contribution in [3.05, 3.63) is 51.5 Å². The maximum absolute atomic E-state index is 12.2. The van der Waals surface area contributed by atoms with E-state index in [1.165, 1.54) is 4.88 Å². The summed E-state index contributed by atoms with van der Waals surface area (Å²) in [6, 6.07) is 9.28. The third-order valence-electron chi connectivity index (χ3n) is 4.08. The predicted molar refractivity (Wildman–Crippen MR) is 129 cm³/mol. The van der Waals surface area contributed by atoms with E-state index in [1.807, 2.05) is 37.3 Å². The number of aromatic nitrogens is 1.